The minimum Gasteiger partial charge on any atom is -0.309 e. The molecule has 0 bridgehead atoms. The molecule has 110 valence electrons. The second-order valence-corrected chi connectivity index (χ2v) is 7.76. The number of benzene rings is 2. The quantitative estimate of drug-likeness (QED) is 0.589. The van der Waals surface area contributed by atoms with Crippen molar-refractivity contribution in [2.45, 2.75) is 31.2 Å². The standard InChI is InChI=1S/C18H19BrIN/c1-21-18(16-11-15(19)9-10-17(16)20)14-7-5-13(6-8-14)12-3-2-4-12/h5-12,18,21H,2-4H2,1H3. The fourth-order valence-corrected chi connectivity index (χ4v) is 3.97. The van der Waals surface area contributed by atoms with Crippen LogP contribution in [-0.2, 0) is 0 Å². The number of hydrogen-bond donors (Lipinski definition) is 1. The molecule has 0 saturated heterocycles. The monoisotopic (exact) mass is 455 g/mol. The van der Waals surface area contributed by atoms with Gasteiger partial charge in [-0.3, -0.25) is 0 Å². The summed E-state index contributed by atoms with van der Waals surface area (Å²) in [5, 5.41) is 3.45. The van der Waals surface area contributed by atoms with Crippen LogP contribution in [0.4, 0.5) is 0 Å². The van der Waals surface area contributed by atoms with Crippen LogP contribution >= 0.6 is 38.5 Å². The van der Waals surface area contributed by atoms with Crippen LogP contribution in [0.1, 0.15) is 47.9 Å². The summed E-state index contributed by atoms with van der Waals surface area (Å²) >= 11 is 6.00. The van der Waals surface area contributed by atoms with Gasteiger partial charge >= 0.3 is 0 Å². The second-order valence-electron chi connectivity index (χ2n) is 5.68. The Labute approximate surface area is 148 Å². The van der Waals surface area contributed by atoms with E-state index in [1.165, 1.54) is 39.5 Å². The Morgan fingerprint density at radius 2 is 1.86 bits per heavy atom. The van der Waals surface area contributed by atoms with Crippen molar-refractivity contribution in [2.24, 2.45) is 0 Å². The maximum atomic E-state index is 3.58. The van der Waals surface area contributed by atoms with Crippen molar-refractivity contribution in [2.75, 3.05) is 7.05 Å². The summed E-state index contributed by atoms with van der Waals surface area (Å²) < 4.78 is 2.42. The maximum Gasteiger partial charge on any atom is 0.0585 e. The molecule has 0 radical (unpaired) electrons. The molecule has 1 atom stereocenters. The van der Waals surface area contributed by atoms with Crippen molar-refractivity contribution in [1.29, 1.82) is 0 Å². The second kappa shape index (κ2) is 6.80. The molecule has 1 fully saturated rings. The molecule has 1 unspecified atom stereocenters. The van der Waals surface area contributed by atoms with Crippen LogP contribution in [0.2, 0.25) is 0 Å². The maximum absolute atomic E-state index is 3.58. The lowest BCUT2D eigenvalue weighted by molar-refractivity contribution is 0.419. The molecule has 1 saturated carbocycles. The highest BCUT2D eigenvalue weighted by Gasteiger charge is 2.20. The number of nitrogens with one attached hydrogen (secondary N) is 1. The van der Waals surface area contributed by atoms with Crippen molar-refractivity contribution in [1.82, 2.24) is 5.32 Å². The van der Waals surface area contributed by atoms with Crippen molar-refractivity contribution in [3.8, 4) is 0 Å². The van der Waals surface area contributed by atoms with Gasteiger partial charge in [0.25, 0.3) is 0 Å². The Morgan fingerprint density at radius 1 is 1.14 bits per heavy atom. The van der Waals surface area contributed by atoms with E-state index in [1.807, 2.05) is 7.05 Å². The summed E-state index contributed by atoms with van der Waals surface area (Å²) in [6, 6.07) is 15.9. The minimum absolute atomic E-state index is 0.241. The Hall–Kier alpha value is -0.390. The molecule has 2 aromatic rings. The number of halogens is 2. The molecular weight excluding hydrogens is 437 g/mol. The van der Waals surface area contributed by atoms with Gasteiger partial charge in [-0.05, 0) is 83.3 Å². The molecule has 0 amide bonds. The highest BCUT2D eigenvalue weighted by Crippen LogP contribution is 2.37. The molecule has 0 heterocycles. The zero-order valence-electron chi connectivity index (χ0n) is 12.1. The molecule has 0 spiro atoms. The summed E-state index contributed by atoms with van der Waals surface area (Å²) in [5.41, 5.74) is 4.16. The Balaban J connectivity index is 1.90. The van der Waals surface area contributed by atoms with E-state index in [1.54, 1.807) is 0 Å². The first-order valence-corrected chi connectivity index (χ1v) is 9.28. The van der Waals surface area contributed by atoms with E-state index in [0.29, 0.717) is 0 Å². The molecule has 2 aromatic carbocycles. The lowest BCUT2D eigenvalue weighted by Crippen LogP contribution is -2.19. The van der Waals surface area contributed by atoms with Crippen LogP contribution in [0.25, 0.3) is 0 Å². The first kappa shape index (κ1) is 15.5. The van der Waals surface area contributed by atoms with Crippen molar-refractivity contribution < 1.29 is 0 Å². The van der Waals surface area contributed by atoms with Gasteiger partial charge in [-0.25, -0.2) is 0 Å². The van der Waals surface area contributed by atoms with E-state index in [-0.39, 0.29) is 6.04 Å². The van der Waals surface area contributed by atoms with Gasteiger partial charge in [-0.1, -0.05) is 46.6 Å². The van der Waals surface area contributed by atoms with Crippen molar-refractivity contribution in [3.63, 3.8) is 0 Å². The molecule has 1 aliphatic carbocycles. The Morgan fingerprint density at radius 3 is 2.43 bits per heavy atom. The third-order valence-electron chi connectivity index (χ3n) is 4.40. The molecular formula is C18H19BrIN. The SMILES string of the molecule is CNC(c1ccc(C2CCC2)cc1)c1cc(Br)ccc1I. The van der Waals surface area contributed by atoms with E-state index in [0.717, 1.165) is 10.4 Å². The smallest absolute Gasteiger partial charge is 0.0585 e. The summed E-state index contributed by atoms with van der Waals surface area (Å²) in [5.74, 6) is 0.804. The zero-order valence-corrected chi connectivity index (χ0v) is 15.8. The van der Waals surface area contributed by atoms with Gasteiger partial charge in [-0.2, -0.15) is 0 Å². The first-order valence-electron chi connectivity index (χ1n) is 7.41. The molecule has 1 aliphatic rings. The van der Waals surface area contributed by atoms with Crippen LogP contribution < -0.4 is 5.32 Å². The van der Waals surface area contributed by atoms with Crippen LogP contribution in [-0.4, -0.2) is 7.05 Å². The molecule has 3 heteroatoms. The van der Waals surface area contributed by atoms with E-state index >= 15 is 0 Å². The first-order chi connectivity index (χ1) is 10.2. The lowest BCUT2D eigenvalue weighted by atomic mass is 9.79. The normalized spacial score (nSPS) is 16.5. The molecule has 1 nitrogen and oxygen atoms in total. The minimum atomic E-state index is 0.241. The Kier molecular flexibility index (Phi) is 5.02. The highest BCUT2D eigenvalue weighted by molar-refractivity contribution is 14.1. The number of hydrogen-bond acceptors (Lipinski definition) is 1. The lowest BCUT2D eigenvalue weighted by Gasteiger charge is -2.26. The fraction of sp³-hybridized carbons (Fsp3) is 0.333. The summed E-state index contributed by atoms with van der Waals surface area (Å²) in [6.45, 7) is 0. The largest absolute Gasteiger partial charge is 0.309 e. The van der Waals surface area contributed by atoms with Crippen LogP contribution in [0.5, 0.6) is 0 Å². The third kappa shape index (κ3) is 3.35. The molecule has 0 aliphatic heterocycles. The van der Waals surface area contributed by atoms with Gasteiger partial charge in [0, 0.05) is 8.04 Å². The average molecular weight is 456 g/mol. The fourth-order valence-electron chi connectivity index (χ4n) is 2.94. The third-order valence-corrected chi connectivity index (χ3v) is 5.88. The van der Waals surface area contributed by atoms with E-state index in [9.17, 15) is 0 Å². The molecule has 3 rings (SSSR count). The topological polar surface area (TPSA) is 12.0 Å². The van der Waals surface area contributed by atoms with Crippen LogP contribution in [0.3, 0.4) is 0 Å². The molecule has 0 aromatic heterocycles. The van der Waals surface area contributed by atoms with E-state index < -0.39 is 0 Å². The van der Waals surface area contributed by atoms with E-state index in [4.69, 9.17) is 0 Å². The summed E-state index contributed by atoms with van der Waals surface area (Å²) in [4.78, 5) is 0. The Bertz CT molecular complexity index is 620. The van der Waals surface area contributed by atoms with Gasteiger partial charge in [0.1, 0.15) is 0 Å². The van der Waals surface area contributed by atoms with Crippen LogP contribution in [0, 0.1) is 3.57 Å². The van der Waals surface area contributed by atoms with Gasteiger partial charge < -0.3 is 5.32 Å². The predicted octanol–water partition coefficient (Wildman–Crippen LogP) is 5.63. The molecule has 21 heavy (non-hydrogen) atoms. The van der Waals surface area contributed by atoms with E-state index in [2.05, 4.69) is 86.3 Å². The zero-order chi connectivity index (χ0) is 14.8. The van der Waals surface area contributed by atoms with Crippen molar-refractivity contribution >= 4 is 38.5 Å². The summed E-state index contributed by atoms with van der Waals surface area (Å²) in [7, 11) is 2.03. The molecule has 1 N–H and O–H groups in total. The van der Waals surface area contributed by atoms with Gasteiger partial charge in [0.2, 0.25) is 0 Å². The average Bonchev–Trinajstić information content (AvgIpc) is 2.43. The predicted molar refractivity (Wildman–Crippen MR) is 101 cm³/mol. The van der Waals surface area contributed by atoms with Crippen LogP contribution in [0.15, 0.2) is 46.9 Å². The van der Waals surface area contributed by atoms with Gasteiger partial charge in [0.05, 0.1) is 6.04 Å². The van der Waals surface area contributed by atoms with Gasteiger partial charge in [-0.15, -0.1) is 0 Å². The van der Waals surface area contributed by atoms with Gasteiger partial charge in [0.15, 0.2) is 0 Å². The summed E-state index contributed by atoms with van der Waals surface area (Å²) in [6.07, 6.45) is 4.11. The van der Waals surface area contributed by atoms with Crippen molar-refractivity contribution in [3.05, 3.63) is 67.2 Å². The number of rotatable bonds is 4. The highest BCUT2D eigenvalue weighted by atomic mass is 127.